The van der Waals surface area contributed by atoms with E-state index in [2.05, 4.69) is 11.9 Å². The van der Waals surface area contributed by atoms with Crippen LogP contribution in [0.15, 0.2) is 12.5 Å². The number of Topliss-reactive ketones (excluding diaryl/α,β-unsaturated/α-hetero) is 1. The molecule has 0 aliphatic rings. The second-order valence-electron chi connectivity index (χ2n) is 3.30. The summed E-state index contributed by atoms with van der Waals surface area (Å²) in [4.78, 5) is 15.5. The van der Waals surface area contributed by atoms with E-state index >= 15 is 0 Å². The van der Waals surface area contributed by atoms with Crippen molar-refractivity contribution in [1.82, 2.24) is 9.55 Å². The summed E-state index contributed by atoms with van der Waals surface area (Å²) >= 11 is 0. The summed E-state index contributed by atoms with van der Waals surface area (Å²) in [5.41, 5.74) is 0.596. The van der Waals surface area contributed by atoms with E-state index in [-0.39, 0.29) is 5.78 Å². The molecule has 0 spiro atoms. The first-order chi connectivity index (χ1) is 6.24. The Kier molecular flexibility index (Phi) is 3.68. The van der Waals surface area contributed by atoms with Crippen LogP contribution in [0.25, 0.3) is 0 Å². The van der Waals surface area contributed by atoms with E-state index in [9.17, 15) is 4.79 Å². The summed E-state index contributed by atoms with van der Waals surface area (Å²) in [7, 11) is 1.87. The largest absolute Gasteiger partial charge is 0.340 e. The molecule has 0 saturated carbocycles. The molecule has 0 aromatic carbocycles. The van der Waals surface area contributed by atoms with Crippen LogP contribution in [0.2, 0.25) is 0 Å². The summed E-state index contributed by atoms with van der Waals surface area (Å²) in [6.07, 6.45) is 7.31. The van der Waals surface area contributed by atoms with Crippen molar-refractivity contribution >= 4 is 5.78 Å². The van der Waals surface area contributed by atoms with Gasteiger partial charge in [0.05, 0.1) is 6.33 Å². The van der Waals surface area contributed by atoms with Gasteiger partial charge >= 0.3 is 0 Å². The first-order valence-corrected chi connectivity index (χ1v) is 4.75. The smallest absolute Gasteiger partial charge is 0.182 e. The minimum Gasteiger partial charge on any atom is -0.340 e. The highest BCUT2D eigenvalue weighted by Gasteiger charge is 2.07. The van der Waals surface area contributed by atoms with Crippen molar-refractivity contribution in [2.45, 2.75) is 32.6 Å². The molecule has 72 valence electrons. The molecule has 0 radical (unpaired) electrons. The van der Waals surface area contributed by atoms with Gasteiger partial charge in [-0.3, -0.25) is 4.79 Å². The van der Waals surface area contributed by atoms with Crippen LogP contribution in [-0.4, -0.2) is 15.3 Å². The Morgan fingerprint density at radius 3 is 2.85 bits per heavy atom. The molecule has 0 fully saturated rings. The van der Waals surface area contributed by atoms with Crippen molar-refractivity contribution in [1.29, 1.82) is 0 Å². The second kappa shape index (κ2) is 4.80. The van der Waals surface area contributed by atoms with E-state index in [0.717, 1.165) is 19.3 Å². The third-order valence-electron chi connectivity index (χ3n) is 2.00. The summed E-state index contributed by atoms with van der Waals surface area (Å²) in [5, 5.41) is 0. The molecule has 0 N–H and O–H groups in total. The fraction of sp³-hybridized carbons (Fsp3) is 0.600. The standard InChI is InChI=1S/C10H16N2O/c1-3-4-5-6-10(13)9-7-12(2)8-11-9/h7-8H,3-6H2,1-2H3. The van der Waals surface area contributed by atoms with Crippen LogP contribution in [0.4, 0.5) is 0 Å². The van der Waals surface area contributed by atoms with Crippen LogP contribution in [0.5, 0.6) is 0 Å². The van der Waals surface area contributed by atoms with Gasteiger partial charge in [0, 0.05) is 19.7 Å². The summed E-state index contributed by atoms with van der Waals surface area (Å²) in [6, 6.07) is 0. The van der Waals surface area contributed by atoms with Crippen molar-refractivity contribution in [3.8, 4) is 0 Å². The molecule has 1 aromatic rings. The van der Waals surface area contributed by atoms with Crippen LogP contribution in [0.1, 0.15) is 43.1 Å². The molecule has 0 aliphatic carbocycles. The first kappa shape index (κ1) is 9.96. The quantitative estimate of drug-likeness (QED) is 0.514. The zero-order chi connectivity index (χ0) is 9.68. The molecule has 0 aliphatic heterocycles. The summed E-state index contributed by atoms with van der Waals surface area (Å²) < 4.78 is 1.80. The highest BCUT2D eigenvalue weighted by molar-refractivity contribution is 5.93. The predicted octanol–water partition coefficient (Wildman–Crippen LogP) is 2.18. The molecule has 0 saturated heterocycles. The van der Waals surface area contributed by atoms with Crippen molar-refractivity contribution in [2.75, 3.05) is 0 Å². The van der Waals surface area contributed by atoms with Gasteiger partial charge in [-0.25, -0.2) is 4.98 Å². The average molecular weight is 180 g/mol. The SMILES string of the molecule is CCCCCC(=O)c1cn(C)cn1. The van der Waals surface area contributed by atoms with Gasteiger partial charge in [0.2, 0.25) is 0 Å². The van der Waals surface area contributed by atoms with Crippen LogP contribution >= 0.6 is 0 Å². The Bertz CT molecular complexity index is 278. The molecular weight excluding hydrogens is 164 g/mol. The highest BCUT2D eigenvalue weighted by atomic mass is 16.1. The van der Waals surface area contributed by atoms with Crippen LogP contribution in [-0.2, 0) is 7.05 Å². The van der Waals surface area contributed by atoms with Gasteiger partial charge in [-0.05, 0) is 6.42 Å². The molecule has 1 rings (SSSR count). The molecule has 1 heterocycles. The number of carbonyl (C=O) groups is 1. The number of nitrogens with zero attached hydrogens (tertiary/aromatic N) is 2. The van der Waals surface area contributed by atoms with Crippen molar-refractivity contribution in [3.63, 3.8) is 0 Å². The lowest BCUT2D eigenvalue weighted by molar-refractivity contribution is 0.0975. The van der Waals surface area contributed by atoms with Gasteiger partial charge in [0.25, 0.3) is 0 Å². The van der Waals surface area contributed by atoms with Crippen molar-refractivity contribution in [2.24, 2.45) is 7.05 Å². The molecule has 3 heteroatoms. The monoisotopic (exact) mass is 180 g/mol. The molecule has 0 unspecified atom stereocenters. The van der Waals surface area contributed by atoms with Crippen molar-refractivity contribution < 1.29 is 4.79 Å². The molecule has 3 nitrogen and oxygen atoms in total. The van der Waals surface area contributed by atoms with E-state index in [0.29, 0.717) is 12.1 Å². The van der Waals surface area contributed by atoms with Gasteiger partial charge in [-0.1, -0.05) is 19.8 Å². The number of aromatic nitrogens is 2. The minimum absolute atomic E-state index is 0.161. The molecule has 0 bridgehead atoms. The van der Waals surface area contributed by atoms with Gasteiger partial charge in [0.15, 0.2) is 5.78 Å². The Hall–Kier alpha value is -1.12. The zero-order valence-electron chi connectivity index (χ0n) is 8.29. The molecule has 13 heavy (non-hydrogen) atoms. The normalized spacial score (nSPS) is 10.3. The van der Waals surface area contributed by atoms with Crippen molar-refractivity contribution in [3.05, 3.63) is 18.2 Å². The Morgan fingerprint density at radius 1 is 1.54 bits per heavy atom. The number of imidazole rings is 1. The van der Waals surface area contributed by atoms with E-state index in [1.807, 2.05) is 7.05 Å². The lowest BCUT2D eigenvalue weighted by Gasteiger charge is -1.95. The molecule has 0 amide bonds. The average Bonchev–Trinajstić information content (AvgIpc) is 2.52. The lowest BCUT2D eigenvalue weighted by Crippen LogP contribution is -1.98. The maximum atomic E-state index is 11.5. The summed E-state index contributed by atoms with van der Waals surface area (Å²) in [5.74, 6) is 0.161. The third kappa shape index (κ3) is 3.01. The number of hydrogen-bond donors (Lipinski definition) is 0. The number of rotatable bonds is 5. The number of aryl methyl sites for hydroxylation is 1. The molecule has 0 atom stereocenters. The lowest BCUT2D eigenvalue weighted by atomic mass is 10.1. The number of hydrogen-bond acceptors (Lipinski definition) is 2. The van der Waals surface area contributed by atoms with Gasteiger partial charge in [-0.2, -0.15) is 0 Å². The Morgan fingerprint density at radius 2 is 2.31 bits per heavy atom. The summed E-state index contributed by atoms with van der Waals surface area (Å²) in [6.45, 7) is 2.13. The van der Waals surface area contributed by atoms with E-state index in [1.54, 1.807) is 17.1 Å². The number of unbranched alkanes of at least 4 members (excludes halogenated alkanes) is 2. The number of carbonyl (C=O) groups excluding carboxylic acids is 1. The van der Waals surface area contributed by atoms with E-state index in [4.69, 9.17) is 0 Å². The Balaban J connectivity index is 2.40. The zero-order valence-corrected chi connectivity index (χ0v) is 8.29. The molecular formula is C10H16N2O. The van der Waals surface area contributed by atoms with Crippen LogP contribution < -0.4 is 0 Å². The highest BCUT2D eigenvalue weighted by Crippen LogP contribution is 2.05. The second-order valence-corrected chi connectivity index (χ2v) is 3.30. The Labute approximate surface area is 78.8 Å². The topological polar surface area (TPSA) is 34.9 Å². The van der Waals surface area contributed by atoms with Crippen LogP contribution in [0.3, 0.4) is 0 Å². The fourth-order valence-corrected chi connectivity index (χ4v) is 1.22. The third-order valence-corrected chi connectivity index (χ3v) is 2.00. The van der Waals surface area contributed by atoms with Gasteiger partial charge in [0.1, 0.15) is 5.69 Å². The van der Waals surface area contributed by atoms with E-state index < -0.39 is 0 Å². The minimum atomic E-state index is 0.161. The maximum Gasteiger partial charge on any atom is 0.182 e. The fourth-order valence-electron chi connectivity index (χ4n) is 1.22. The predicted molar refractivity (Wildman–Crippen MR) is 51.7 cm³/mol. The van der Waals surface area contributed by atoms with E-state index in [1.165, 1.54) is 0 Å². The van der Waals surface area contributed by atoms with Crippen LogP contribution in [0, 0.1) is 0 Å². The van der Waals surface area contributed by atoms with Gasteiger partial charge < -0.3 is 4.57 Å². The molecule has 1 aromatic heterocycles. The van der Waals surface area contributed by atoms with Gasteiger partial charge in [-0.15, -0.1) is 0 Å². The number of ketones is 1. The maximum absolute atomic E-state index is 11.5. The first-order valence-electron chi connectivity index (χ1n) is 4.75.